The molecule has 0 aromatic carbocycles. The summed E-state index contributed by atoms with van der Waals surface area (Å²) in [6.07, 6.45) is 0.913. The van der Waals surface area contributed by atoms with Crippen LogP contribution >= 0.6 is 11.6 Å². The largest absolute Gasteiger partial charge is 0.479 e. The van der Waals surface area contributed by atoms with Gasteiger partial charge in [0, 0.05) is 6.07 Å². The second-order valence-electron chi connectivity index (χ2n) is 2.12. The van der Waals surface area contributed by atoms with Gasteiger partial charge in [0.1, 0.15) is 5.82 Å². The van der Waals surface area contributed by atoms with E-state index in [2.05, 4.69) is 9.72 Å². The molecule has 0 spiro atoms. The topological polar surface area (TPSA) is 59.4 Å². The molecule has 0 aliphatic rings. The van der Waals surface area contributed by atoms with Crippen LogP contribution in [0.15, 0.2) is 12.3 Å². The molecule has 6 heteroatoms. The molecular weight excluding hydrogens is 201 g/mol. The van der Waals surface area contributed by atoms with Crippen LogP contribution in [0.25, 0.3) is 0 Å². The minimum Gasteiger partial charge on any atom is -0.479 e. The lowest BCUT2D eigenvalue weighted by Gasteiger charge is -2.03. The molecule has 1 aromatic heterocycles. The Morgan fingerprint density at radius 1 is 1.77 bits per heavy atom. The van der Waals surface area contributed by atoms with Crippen LogP contribution in [0.5, 0.6) is 5.75 Å². The fourth-order valence-electron chi connectivity index (χ4n) is 0.645. The molecule has 0 amide bonds. The predicted molar refractivity (Wildman–Crippen MR) is 42.3 cm³/mol. The first kappa shape index (κ1) is 9.73. The van der Waals surface area contributed by atoms with Crippen molar-refractivity contribution in [2.75, 3.05) is 6.61 Å². The highest BCUT2D eigenvalue weighted by Crippen LogP contribution is 2.21. The summed E-state index contributed by atoms with van der Waals surface area (Å²) in [6, 6.07) is 0.971. The maximum absolute atomic E-state index is 12.5. The summed E-state index contributed by atoms with van der Waals surface area (Å²) in [5, 5.41) is 8.19. The number of aromatic nitrogens is 1. The van der Waals surface area contributed by atoms with E-state index in [-0.39, 0.29) is 10.9 Å². The Labute approximate surface area is 77.9 Å². The first-order chi connectivity index (χ1) is 6.09. The Morgan fingerprint density at radius 3 is 3.08 bits per heavy atom. The molecular formula is C7H5ClFNO3. The normalized spacial score (nSPS) is 9.69. The average molecular weight is 206 g/mol. The van der Waals surface area contributed by atoms with Gasteiger partial charge in [-0.1, -0.05) is 11.6 Å². The van der Waals surface area contributed by atoms with Gasteiger partial charge in [-0.05, 0) is 0 Å². The van der Waals surface area contributed by atoms with Crippen molar-refractivity contribution in [3.63, 3.8) is 0 Å². The zero-order valence-corrected chi connectivity index (χ0v) is 7.08. The van der Waals surface area contributed by atoms with Gasteiger partial charge in [0.25, 0.3) is 0 Å². The smallest absolute Gasteiger partial charge is 0.341 e. The third-order valence-electron chi connectivity index (χ3n) is 1.12. The molecule has 4 nitrogen and oxygen atoms in total. The number of carbonyl (C=O) groups is 1. The summed E-state index contributed by atoms with van der Waals surface area (Å²) in [5.41, 5.74) is 0. The zero-order chi connectivity index (χ0) is 9.84. The van der Waals surface area contributed by atoms with Crippen molar-refractivity contribution >= 4 is 17.6 Å². The van der Waals surface area contributed by atoms with Gasteiger partial charge >= 0.3 is 5.97 Å². The van der Waals surface area contributed by atoms with Crippen molar-refractivity contribution in [1.82, 2.24) is 4.98 Å². The minimum absolute atomic E-state index is 0.0670. The first-order valence-corrected chi connectivity index (χ1v) is 3.63. The van der Waals surface area contributed by atoms with Crippen molar-refractivity contribution in [1.29, 1.82) is 0 Å². The molecule has 70 valence electrons. The van der Waals surface area contributed by atoms with Crippen LogP contribution in [0.2, 0.25) is 5.15 Å². The second-order valence-corrected chi connectivity index (χ2v) is 2.48. The maximum Gasteiger partial charge on any atom is 0.341 e. The second kappa shape index (κ2) is 4.04. The number of ether oxygens (including phenoxy) is 1. The van der Waals surface area contributed by atoms with E-state index in [9.17, 15) is 9.18 Å². The third-order valence-corrected chi connectivity index (χ3v) is 1.41. The van der Waals surface area contributed by atoms with E-state index >= 15 is 0 Å². The van der Waals surface area contributed by atoms with Gasteiger partial charge in [-0.15, -0.1) is 0 Å². The van der Waals surface area contributed by atoms with Crippen LogP contribution in [-0.2, 0) is 4.79 Å². The van der Waals surface area contributed by atoms with Crippen LogP contribution in [0.3, 0.4) is 0 Å². The van der Waals surface area contributed by atoms with E-state index in [0.29, 0.717) is 0 Å². The van der Waals surface area contributed by atoms with Crippen LogP contribution in [-0.4, -0.2) is 22.7 Å². The van der Waals surface area contributed by atoms with Crippen molar-refractivity contribution in [3.8, 4) is 5.75 Å². The fourth-order valence-corrected chi connectivity index (χ4v) is 0.803. The number of rotatable bonds is 3. The number of aliphatic carboxylic acids is 1. The van der Waals surface area contributed by atoms with Gasteiger partial charge in [0.15, 0.2) is 17.5 Å². The van der Waals surface area contributed by atoms with Crippen molar-refractivity contribution in [2.24, 2.45) is 0 Å². The van der Waals surface area contributed by atoms with Crippen LogP contribution in [0.1, 0.15) is 0 Å². The molecule has 0 aliphatic carbocycles. The van der Waals surface area contributed by atoms with Crippen molar-refractivity contribution in [3.05, 3.63) is 23.2 Å². The van der Waals surface area contributed by atoms with Gasteiger partial charge in [-0.3, -0.25) is 0 Å². The van der Waals surface area contributed by atoms with E-state index in [4.69, 9.17) is 16.7 Å². The number of halogens is 2. The molecule has 1 N–H and O–H groups in total. The fraction of sp³-hybridized carbons (Fsp3) is 0.143. The third kappa shape index (κ3) is 2.87. The van der Waals surface area contributed by atoms with Gasteiger partial charge in [-0.2, -0.15) is 0 Å². The van der Waals surface area contributed by atoms with Crippen LogP contribution in [0, 0.1) is 5.82 Å². The molecule has 0 bridgehead atoms. The molecule has 0 aliphatic heterocycles. The Kier molecular flexibility index (Phi) is 3.02. The summed E-state index contributed by atoms with van der Waals surface area (Å²) in [7, 11) is 0. The van der Waals surface area contributed by atoms with Gasteiger partial charge in [-0.25, -0.2) is 14.2 Å². The SMILES string of the molecule is O=C(O)COc1cc(F)cnc1Cl. The van der Waals surface area contributed by atoms with E-state index in [1.165, 1.54) is 0 Å². The molecule has 0 unspecified atom stereocenters. The summed E-state index contributed by atoms with van der Waals surface area (Å²) in [5.74, 6) is -1.88. The monoisotopic (exact) mass is 205 g/mol. The average Bonchev–Trinajstić information content (AvgIpc) is 2.06. The van der Waals surface area contributed by atoms with Crippen molar-refractivity contribution < 1.29 is 19.0 Å². The number of carboxylic acid groups (broad SMARTS) is 1. The molecule has 0 radical (unpaired) electrons. The van der Waals surface area contributed by atoms with Crippen LogP contribution < -0.4 is 4.74 Å². The number of carboxylic acids is 1. The first-order valence-electron chi connectivity index (χ1n) is 3.25. The lowest BCUT2D eigenvalue weighted by molar-refractivity contribution is -0.139. The van der Waals surface area contributed by atoms with Gasteiger partial charge in [0.05, 0.1) is 6.20 Å². The molecule has 1 heterocycles. The predicted octanol–water partition coefficient (Wildman–Crippen LogP) is 1.34. The Balaban J connectivity index is 2.75. The number of hydrogen-bond acceptors (Lipinski definition) is 3. The summed E-state index contributed by atoms with van der Waals surface area (Å²) in [6.45, 7) is -0.579. The molecule has 1 aromatic rings. The van der Waals surface area contributed by atoms with Crippen LogP contribution in [0.4, 0.5) is 4.39 Å². The van der Waals surface area contributed by atoms with E-state index in [1.54, 1.807) is 0 Å². The zero-order valence-electron chi connectivity index (χ0n) is 6.33. The van der Waals surface area contributed by atoms with Gasteiger partial charge < -0.3 is 9.84 Å². The molecule has 1 rings (SSSR count). The number of pyridine rings is 1. The Bertz CT molecular complexity index is 332. The van der Waals surface area contributed by atoms with Crippen molar-refractivity contribution in [2.45, 2.75) is 0 Å². The molecule has 0 saturated heterocycles. The molecule has 13 heavy (non-hydrogen) atoms. The van der Waals surface area contributed by atoms with E-state index < -0.39 is 18.4 Å². The lowest BCUT2D eigenvalue weighted by atomic mass is 10.4. The quantitative estimate of drug-likeness (QED) is 0.757. The summed E-state index contributed by atoms with van der Waals surface area (Å²) in [4.78, 5) is 13.5. The number of nitrogens with zero attached hydrogens (tertiary/aromatic N) is 1. The highest BCUT2D eigenvalue weighted by atomic mass is 35.5. The number of hydrogen-bond donors (Lipinski definition) is 1. The highest BCUT2D eigenvalue weighted by molar-refractivity contribution is 6.30. The Morgan fingerprint density at radius 2 is 2.46 bits per heavy atom. The van der Waals surface area contributed by atoms with E-state index in [1.807, 2.05) is 0 Å². The highest BCUT2D eigenvalue weighted by Gasteiger charge is 2.06. The molecule has 0 fully saturated rings. The minimum atomic E-state index is -1.17. The maximum atomic E-state index is 12.5. The Hall–Kier alpha value is -1.36. The standard InChI is InChI=1S/C7H5ClFNO3/c8-7-5(13-3-6(11)12)1-4(9)2-10-7/h1-2H,3H2,(H,11,12). The molecule has 0 saturated carbocycles. The summed E-state index contributed by atoms with van der Waals surface area (Å²) < 4.78 is 17.2. The van der Waals surface area contributed by atoms with E-state index in [0.717, 1.165) is 12.3 Å². The lowest BCUT2D eigenvalue weighted by Crippen LogP contribution is -2.10. The summed E-state index contributed by atoms with van der Waals surface area (Å²) >= 11 is 5.48. The van der Waals surface area contributed by atoms with Gasteiger partial charge in [0.2, 0.25) is 0 Å². The molecule has 0 atom stereocenters.